The molecule has 1 aromatic rings. The minimum absolute atomic E-state index is 0.0621. The molecule has 0 aliphatic heterocycles. The van der Waals surface area contributed by atoms with Crippen LogP contribution in [0.15, 0.2) is 24.3 Å². The van der Waals surface area contributed by atoms with Crippen molar-refractivity contribution in [1.82, 2.24) is 10.6 Å². The maximum absolute atomic E-state index is 11.6. The van der Waals surface area contributed by atoms with Gasteiger partial charge in [0.2, 0.25) is 11.8 Å². The van der Waals surface area contributed by atoms with Gasteiger partial charge in [0.05, 0.1) is 66.1 Å². The standard InChI is InChI=1S/C31H55N3O7/c1-26(2)23-30(35)32-9-13-37-17-19-39-15-11-34(29-8-6-7-28(5)25-29)12-16-40-20-22-41-21-18-38-14-10-33-31(36)24-27(3)4/h6-8,25-27H,9-24H2,1-5H3,(H,32,35)(H,33,36). The van der Waals surface area contributed by atoms with Gasteiger partial charge in [-0.25, -0.2) is 0 Å². The zero-order valence-corrected chi connectivity index (χ0v) is 26.1. The number of aryl methyl sites for hydroxylation is 1. The maximum Gasteiger partial charge on any atom is 0.220 e. The van der Waals surface area contributed by atoms with E-state index in [1.165, 1.54) is 5.56 Å². The number of carbonyl (C=O) groups is 2. The Morgan fingerprint density at radius 1 is 0.659 bits per heavy atom. The van der Waals surface area contributed by atoms with Crippen LogP contribution in [0.3, 0.4) is 0 Å². The number of rotatable bonds is 26. The van der Waals surface area contributed by atoms with Crippen molar-refractivity contribution in [2.75, 3.05) is 97.1 Å². The Morgan fingerprint density at radius 3 is 1.49 bits per heavy atom. The molecule has 0 bridgehead atoms. The van der Waals surface area contributed by atoms with Gasteiger partial charge in [0.25, 0.3) is 0 Å². The molecule has 0 spiro atoms. The summed E-state index contributed by atoms with van der Waals surface area (Å²) in [7, 11) is 0. The molecule has 1 rings (SSSR count). The van der Waals surface area contributed by atoms with Crippen LogP contribution in [-0.4, -0.2) is 104 Å². The molecule has 0 aliphatic rings. The van der Waals surface area contributed by atoms with Crippen molar-refractivity contribution in [2.24, 2.45) is 11.8 Å². The largest absolute Gasteiger partial charge is 0.377 e. The summed E-state index contributed by atoms with van der Waals surface area (Å²) in [5.74, 6) is 0.838. The quantitative estimate of drug-likeness (QED) is 0.161. The minimum Gasteiger partial charge on any atom is -0.377 e. The normalized spacial score (nSPS) is 11.3. The Hall–Kier alpha value is -2.24. The average molecular weight is 582 g/mol. The molecule has 0 saturated heterocycles. The Morgan fingerprint density at radius 2 is 1.07 bits per heavy atom. The van der Waals surface area contributed by atoms with E-state index < -0.39 is 0 Å². The van der Waals surface area contributed by atoms with E-state index in [2.05, 4.69) is 46.7 Å². The minimum atomic E-state index is 0.0621. The molecule has 1 aromatic carbocycles. The van der Waals surface area contributed by atoms with Crippen molar-refractivity contribution in [3.63, 3.8) is 0 Å². The number of benzene rings is 1. The first-order valence-corrected chi connectivity index (χ1v) is 15.0. The van der Waals surface area contributed by atoms with Crippen LogP contribution in [0, 0.1) is 18.8 Å². The fourth-order valence-corrected chi connectivity index (χ4v) is 3.82. The van der Waals surface area contributed by atoms with Crippen LogP contribution < -0.4 is 15.5 Å². The molecule has 0 aromatic heterocycles. The van der Waals surface area contributed by atoms with Crippen molar-refractivity contribution in [1.29, 1.82) is 0 Å². The zero-order chi connectivity index (χ0) is 30.1. The van der Waals surface area contributed by atoms with E-state index in [-0.39, 0.29) is 11.8 Å². The lowest BCUT2D eigenvalue weighted by atomic mass is 10.1. The van der Waals surface area contributed by atoms with Crippen molar-refractivity contribution in [3.8, 4) is 0 Å². The molecule has 236 valence electrons. The van der Waals surface area contributed by atoms with E-state index in [4.69, 9.17) is 23.7 Å². The highest BCUT2D eigenvalue weighted by Gasteiger charge is 2.08. The number of hydrogen-bond donors (Lipinski definition) is 2. The molecule has 0 fully saturated rings. The Labute approximate surface area is 247 Å². The van der Waals surface area contributed by atoms with Gasteiger partial charge in [0.15, 0.2) is 0 Å². The van der Waals surface area contributed by atoms with Crippen LogP contribution in [-0.2, 0) is 33.3 Å². The second-order valence-corrected chi connectivity index (χ2v) is 10.8. The molecule has 0 atom stereocenters. The molecular weight excluding hydrogens is 526 g/mol. The van der Waals surface area contributed by atoms with Crippen LogP contribution in [0.1, 0.15) is 46.1 Å². The molecule has 0 saturated carbocycles. The Kier molecular flexibility index (Phi) is 21.9. The molecule has 10 heteroatoms. The molecule has 10 nitrogen and oxygen atoms in total. The van der Waals surface area contributed by atoms with E-state index in [9.17, 15) is 9.59 Å². The van der Waals surface area contributed by atoms with Crippen LogP contribution in [0.25, 0.3) is 0 Å². The Balaban J connectivity index is 2.12. The van der Waals surface area contributed by atoms with Crippen LogP contribution in [0.4, 0.5) is 5.69 Å². The van der Waals surface area contributed by atoms with E-state index >= 15 is 0 Å². The van der Waals surface area contributed by atoms with Crippen molar-refractivity contribution in [2.45, 2.75) is 47.5 Å². The highest BCUT2D eigenvalue weighted by Crippen LogP contribution is 2.15. The summed E-state index contributed by atoms with van der Waals surface area (Å²) < 4.78 is 28.2. The maximum atomic E-state index is 11.6. The van der Waals surface area contributed by atoms with Crippen LogP contribution in [0.2, 0.25) is 0 Å². The van der Waals surface area contributed by atoms with Crippen LogP contribution >= 0.6 is 0 Å². The van der Waals surface area contributed by atoms with Gasteiger partial charge in [-0.2, -0.15) is 0 Å². The van der Waals surface area contributed by atoms with Crippen molar-refractivity contribution >= 4 is 17.5 Å². The highest BCUT2D eigenvalue weighted by molar-refractivity contribution is 5.76. The van der Waals surface area contributed by atoms with Crippen molar-refractivity contribution in [3.05, 3.63) is 29.8 Å². The number of ether oxygens (including phenoxy) is 5. The lowest BCUT2D eigenvalue weighted by molar-refractivity contribution is -0.122. The fraction of sp³-hybridized carbons (Fsp3) is 0.742. The van der Waals surface area contributed by atoms with Gasteiger partial charge in [-0.15, -0.1) is 0 Å². The second kappa shape index (κ2) is 24.4. The second-order valence-electron chi connectivity index (χ2n) is 10.8. The van der Waals surface area contributed by atoms with Crippen molar-refractivity contribution < 1.29 is 33.3 Å². The monoisotopic (exact) mass is 581 g/mol. The summed E-state index contributed by atoms with van der Waals surface area (Å²) in [5.41, 5.74) is 2.34. The third kappa shape index (κ3) is 22.1. The fourth-order valence-electron chi connectivity index (χ4n) is 3.82. The molecule has 41 heavy (non-hydrogen) atoms. The summed E-state index contributed by atoms with van der Waals surface area (Å²) in [5, 5.41) is 5.71. The van der Waals surface area contributed by atoms with E-state index in [0.29, 0.717) is 104 Å². The average Bonchev–Trinajstić information content (AvgIpc) is 2.90. The summed E-state index contributed by atoms with van der Waals surface area (Å²) in [4.78, 5) is 25.5. The van der Waals surface area contributed by atoms with E-state index in [0.717, 1.165) is 18.8 Å². The Bertz CT molecular complexity index is 808. The summed E-state index contributed by atoms with van der Waals surface area (Å²) in [6.45, 7) is 17.8. The smallest absolute Gasteiger partial charge is 0.220 e. The van der Waals surface area contributed by atoms with Gasteiger partial charge < -0.3 is 39.2 Å². The third-order valence-corrected chi connectivity index (χ3v) is 5.82. The molecule has 0 heterocycles. The van der Waals surface area contributed by atoms with Gasteiger partial charge in [-0.3, -0.25) is 9.59 Å². The number of carbonyl (C=O) groups excluding carboxylic acids is 2. The highest BCUT2D eigenvalue weighted by atomic mass is 16.5. The SMILES string of the molecule is Cc1cccc(N(CCOCCOCCNC(=O)CC(C)C)CCOCCOCCOCCNC(=O)CC(C)C)c1. The molecule has 0 radical (unpaired) electrons. The lowest BCUT2D eigenvalue weighted by Crippen LogP contribution is -2.32. The summed E-state index contributed by atoms with van der Waals surface area (Å²) in [6.07, 6.45) is 1.08. The first-order chi connectivity index (χ1) is 19.8. The number of anilines is 1. The summed E-state index contributed by atoms with van der Waals surface area (Å²) in [6, 6.07) is 8.40. The topological polar surface area (TPSA) is 108 Å². The van der Waals surface area contributed by atoms with E-state index in [1.807, 2.05) is 27.7 Å². The molecule has 2 N–H and O–H groups in total. The number of nitrogens with zero attached hydrogens (tertiary/aromatic N) is 1. The van der Waals surface area contributed by atoms with E-state index in [1.54, 1.807) is 0 Å². The zero-order valence-electron chi connectivity index (χ0n) is 26.1. The predicted molar refractivity (Wildman–Crippen MR) is 162 cm³/mol. The summed E-state index contributed by atoms with van der Waals surface area (Å²) >= 11 is 0. The number of nitrogens with one attached hydrogen (secondary N) is 2. The van der Waals surface area contributed by atoms with Gasteiger partial charge >= 0.3 is 0 Å². The number of hydrogen-bond acceptors (Lipinski definition) is 8. The van der Waals surface area contributed by atoms with Gasteiger partial charge in [0.1, 0.15) is 0 Å². The lowest BCUT2D eigenvalue weighted by Gasteiger charge is -2.25. The molecule has 0 unspecified atom stereocenters. The molecule has 0 aliphatic carbocycles. The van der Waals surface area contributed by atoms with Gasteiger partial charge in [-0.1, -0.05) is 39.8 Å². The van der Waals surface area contributed by atoms with Gasteiger partial charge in [0, 0.05) is 44.7 Å². The number of amides is 2. The third-order valence-electron chi connectivity index (χ3n) is 5.82. The first-order valence-electron chi connectivity index (χ1n) is 15.0. The predicted octanol–water partition coefficient (Wildman–Crippen LogP) is 3.21. The van der Waals surface area contributed by atoms with Crippen LogP contribution in [0.5, 0.6) is 0 Å². The van der Waals surface area contributed by atoms with Gasteiger partial charge in [-0.05, 0) is 36.5 Å². The molecule has 2 amide bonds. The first kappa shape index (κ1) is 36.8. The molecular formula is C31H55N3O7.